The van der Waals surface area contributed by atoms with Gasteiger partial charge in [0.2, 0.25) is 11.8 Å². The fourth-order valence-electron chi connectivity index (χ4n) is 3.10. The highest BCUT2D eigenvalue weighted by molar-refractivity contribution is 5.34. The maximum Gasteiger partial charge on any atom is 0.228 e. The Morgan fingerprint density at radius 1 is 1.25 bits per heavy atom. The standard InChI is InChI=1S/C14H23N5O/c1-20-13-2-6-16-14(17-13)19-9-5-12(10-19)18-7-3-11(15)4-8-18/h2,6,11-12H,3-5,7-10,15H2,1H3. The Bertz CT molecular complexity index is 447. The molecule has 0 aliphatic carbocycles. The number of likely N-dealkylation sites (tertiary alicyclic amines) is 1. The minimum Gasteiger partial charge on any atom is -0.481 e. The van der Waals surface area contributed by atoms with Crippen molar-refractivity contribution >= 4 is 5.95 Å². The van der Waals surface area contributed by atoms with E-state index in [0.29, 0.717) is 18.0 Å². The molecule has 110 valence electrons. The minimum atomic E-state index is 0.394. The van der Waals surface area contributed by atoms with E-state index in [9.17, 15) is 0 Å². The van der Waals surface area contributed by atoms with E-state index in [1.165, 1.54) is 6.42 Å². The first kappa shape index (κ1) is 13.6. The first-order valence-corrected chi connectivity index (χ1v) is 7.38. The van der Waals surface area contributed by atoms with Crippen LogP contribution in [0.15, 0.2) is 12.3 Å². The quantitative estimate of drug-likeness (QED) is 0.867. The van der Waals surface area contributed by atoms with Crippen LogP contribution in [-0.4, -0.2) is 60.2 Å². The number of methoxy groups -OCH3 is 1. The van der Waals surface area contributed by atoms with Gasteiger partial charge in [-0.1, -0.05) is 0 Å². The highest BCUT2D eigenvalue weighted by atomic mass is 16.5. The van der Waals surface area contributed by atoms with Gasteiger partial charge in [0.05, 0.1) is 7.11 Å². The molecule has 1 atom stereocenters. The van der Waals surface area contributed by atoms with Crippen molar-refractivity contribution in [1.29, 1.82) is 0 Å². The van der Waals surface area contributed by atoms with Gasteiger partial charge >= 0.3 is 0 Å². The zero-order chi connectivity index (χ0) is 13.9. The van der Waals surface area contributed by atoms with Gasteiger partial charge < -0.3 is 15.4 Å². The summed E-state index contributed by atoms with van der Waals surface area (Å²) in [4.78, 5) is 13.6. The van der Waals surface area contributed by atoms with Crippen molar-refractivity contribution in [3.05, 3.63) is 12.3 Å². The molecule has 1 aromatic heterocycles. The monoisotopic (exact) mass is 277 g/mol. The van der Waals surface area contributed by atoms with E-state index >= 15 is 0 Å². The zero-order valence-electron chi connectivity index (χ0n) is 12.0. The molecule has 2 aliphatic rings. The molecule has 6 heteroatoms. The van der Waals surface area contributed by atoms with Crippen molar-refractivity contribution in [1.82, 2.24) is 14.9 Å². The van der Waals surface area contributed by atoms with E-state index < -0.39 is 0 Å². The number of ether oxygens (including phenoxy) is 1. The van der Waals surface area contributed by atoms with Gasteiger partial charge in [-0.05, 0) is 32.4 Å². The molecule has 20 heavy (non-hydrogen) atoms. The average molecular weight is 277 g/mol. The third-order valence-corrected chi connectivity index (χ3v) is 4.36. The van der Waals surface area contributed by atoms with Crippen molar-refractivity contribution in [3.8, 4) is 5.88 Å². The minimum absolute atomic E-state index is 0.394. The lowest BCUT2D eigenvalue weighted by Gasteiger charge is -2.34. The van der Waals surface area contributed by atoms with Crippen LogP contribution in [0.25, 0.3) is 0 Å². The molecule has 3 rings (SSSR count). The third-order valence-electron chi connectivity index (χ3n) is 4.36. The van der Waals surface area contributed by atoms with Crippen LogP contribution in [0.1, 0.15) is 19.3 Å². The number of hydrogen-bond donors (Lipinski definition) is 1. The highest BCUT2D eigenvalue weighted by Gasteiger charge is 2.30. The summed E-state index contributed by atoms with van der Waals surface area (Å²) >= 11 is 0. The van der Waals surface area contributed by atoms with Gasteiger partial charge in [-0.25, -0.2) is 4.98 Å². The van der Waals surface area contributed by atoms with Crippen LogP contribution in [0.2, 0.25) is 0 Å². The molecule has 1 unspecified atom stereocenters. The average Bonchev–Trinajstić information content (AvgIpc) is 2.98. The lowest BCUT2D eigenvalue weighted by molar-refractivity contribution is 0.163. The van der Waals surface area contributed by atoms with E-state index in [1.54, 1.807) is 19.4 Å². The number of nitrogens with zero attached hydrogens (tertiary/aromatic N) is 4. The molecule has 0 bridgehead atoms. The van der Waals surface area contributed by atoms with E-state index in [1.807, 2.05) is 0 Å². The normalized spacial score (nSPS) is 25.1. The largest absolute Gasteiger partial charge is 0.481 e. The number of nitrogens with two attached hydrogens (primary N) is 1. The molecule has 0 amide bonds. The maximum absolute atomic E-state index is 5.97. The molecule has 1 aromatic rings. The van der Waals surface area contributed by atoms with Crippen LogP contribution < -0.4 is 15.4 Å². The van der Waals surface area contributed by atoms with Crippen LogP contribution in [0.3, 0.4) is 0 Å². The third kappa shape index (κ3) is 2.86. The molecular formula is C14H23N5O. The van der Waals surface area contributed by atoms with E-state index in [-0.39, 0.29) is 0 Å². The second-order valence-electron chi connectivity index (χ2n) is 5.66. The van der Waals surface area contributed by atoms with Crippen molar-refractivity contribution in [2.45, 2.75) is 31.3 Å². The topological polar surface area (TPSA) is 67.5 Å². The first-order valence-electron chi connectivity index (χ1n) is 7.38. The lowest BCUT2D eigenvalue weighted by atomic mass is 10.0. The summed E-state index contributed by atoms with van der Waals surface area (Å²) in [5, 5.41) is 0. The molecule has 2 saturated heterocycles. The van der Waals surface area contributed by atoms with Crippen LogP contribution in [0, 0.1) is 0 Å². The molecule has 0 spiro atoms. The van der Waals surface area contributed by atoms with Crippen molar-refractivity contribution in [3.63, 3.8) is 0 Å². The van der Waals surface area contributed by atoms with Crippen LogP contribution in [-0.2, 0) is 0 Å². The Hall–Kier alpha value is -1.40. The SMILES string of the molecule is COc1ccnc(N2CCC(N3CCC(N)CC3)C2)n1. The number of anilines is 1. The first-order chi connectivity index (χ1) is 9.76. The fraction of sp³-hybridized carbons (Fsp3) is 0.714. The molecular weight excluding hydrogens is 254 g/mol. The van der Waals surface area contributed by atoms with Gasteiger partial charge in [0, 0.05) is 37.4 Å². The van der Waals surface area contributed by atoms with E-state index in [4.69, 9.17) is 10.5 Å². The molecule has 2 fully saturated rings. The summed E-state index contributed by atoms with van der Waals surface area (Å²) in [5.74, 6) is 1.41. The van der Waals surface area contributed by atoms with Crippen molar-refractivity contribution < 1.29 is 4.74 Å². The highest BCUT2D eigenvalue weighted by Crippen LogP contribution is 2.23. The Morgan fingerprint density at radius 2 is 2.05 bits per heavy atom. The maximum atomic E-state index is 5.97. The van der Waals surface area contributed by atoms with Gasteiger partial charge in [0.1, 0.15) is 0 Å². The van der Waals surface area contributed by atoms with Gasteiger partial charge in [0.25, 0.3) is 0 Å². The Labute approximate surface area is 119 Å². The van der Waals surface area contributed by atoms with Gasteiger partial charge in [0.15, 0.2) is 0 Å². The van der Waals surface area contributed by atoms with E-state index in [2.05, 4.69) is 19.8 Å². The second kappa shape index (κ2) is 5.93. The fourth-order valence-corrected chi connectivity index (χ4v) is 3.10. The predicted molar refractivity (Wildman–Crippen MR) is 78.0 cm³/mol. The van der Waals surface area contributed by atoms with Gasteiger partial charge in [-0.2, -0.15) is 4.98 Å². The molecule has 0 radical (unpaired) electrons. The number of aromatic nitrogens is 2. The summed E-state index contributed by atoms with van der Waals surface area (Å²) in [6, 6.07) is 2.78. The summed E-state index contributed by atoms with van der Waals surface area (Å²) in [5.41, 5.74) is 5.97. The molecule has 3 heterocycles. The lowest BCUT2D eigenvalue weighted by Crippen LogP contribution is -2.46. The predicted octanol–water partition coefficient (Wildman–Crippen LogP) is 0.487. The summed E-state index contributed by atoms with van der Waals surface area (Å²) in [6.07, 6.45) is 5.17. The Balaban J connectivity index is 1.61. The molecule has 2 N–H and O–H groups in total. The van der Waals surface area contributed by atoms with E-state index in [0.717, 1.165) is 45.0 Å². The zero-order valence-corrected chi connectivity index (χ0v) is 12.0. The summed E-state index contributed by atoms with van der Waals surface area (Å²) in [6.45, 7) is 4.26. The molecule has 0 saturated carbocycles. The number of rotatable bonds is 3. The van der Waals surface area contributed by atoms with Crippen LogP contribution in [0.4, 0.5) is 5.95 Å². The number of hydrogen-bond acceptors (Lipinski definition) is 6. The van der Waals surface area contributed by atoms with Gasteiger partial charge in [-0.3, -0.25) is 4.90 Å². The Kier molecular flexibility index (Phi) is 4.03. The van der Waals surface area contributed by atoms with Gasteiger partial charge in [-0.15, -0.1) is 0 Å². The second-order valence-corrected chi connectivity index (χ2v) is 5.66. The summed E-state index contributed by atoms with van der Waals surface area (Å²) < 4.78 is 5.17. The Morgan fingerprint density at radius 3 is 2.80 bits per heavy atom. The molecule has 2 aliphatic heterocycles. The van der Waals surface area contributed by atoms with Crippen molar-refractivity contribution in [2.24, 2.45) is 5.73 Å². The van der Waals surface area contributed by atoms with Crippen molar-refractivity contribution in [2.75, 3.05) is 38.2 Å². The van der Waals surface area contributed by atoms with Crippen LogP contribution >= 0.6 is 0 Å². The smallest absolute Gasteiger partial charge is 0.228 e. The number of piperidine rings is 1. The molecule has 0 aromatic carbocycles. The van der Waals surface area contributed by atoms with Crippen LogP contribution in [0.5, 0.6) is 5.88 Å². The molecule has 6 nitrogen and oxygen atoms in total. The summed E-state index contributed by atoms with van der Waals surface area (Å²) in [7, 11) is 1.63.